The zero-order valence-corrected chi connectivity index (χ0v) is 9.14. The third-order valence-corrected chi connectivity index (χ3v) is 3.20. The monoisotopic (exact) mass is 202 g/mol. The van der Waals surface area contributed by atoms with Crippen LogP contribution in [0, 0.1) is 0 Å². The maximum atomic E-state index is 11.5. The van der Waals surface area contributed by atoms with Crippen LogP contribution in [-0.4, -0.2) is 41.4 Å². The molecule has 0 radical (unpaired) electrons. The summed E-state index contributed by atoms with van der Waals surface area (Å²) in [4.78, 5) is 13.4. The smallest absolute Gasteiger partial charge is 0.239 e. The molecule has 0 saturated carbocycles. The molecule has 1 aliphatic rings. The van der Waals surface area contributed by atoms with Crippen molar-refractivity contribution in [3.05, 3.63) is 0 Å². The normalized spacial score (nSPS) is 25.3. The zero-order valence-electron chi connectivity index (χ0n) is 8.32. The Morgan fingerprint density at radius 3 is 2.92 bits per heavy atom. The van der Waals surface area contributed by atoms with E-state index >= 15 is 0 Å². The number of nitrogens with two attached hydrogens (primary N) is 1. The van der Waals surface area contributed by atoms with Crippen LogP contribution in [0.4, 0.5) is 0 Å². The summed E-state index contributed by atoms with van der Waals surface area (Å²) in [6.45, 7) is 2.95. The minimum Gasteiger partial charge on any atom is -0.339 e. The largest absolute Gasteiger partial charge is 0.339 e. The predicted octanol–water partition coefficient (Wildman–Crippen LogP) is 0.688. The van der Waals surface area contributed by atoms with Gasteiger partial charge in [-0.25, -0.2) is 0 Å². The first-order valence-electron chi connectivity index (χ1n) is 4.71. The van der Waals surface area contributed by atoms with Crippen LogP contribution < -0.4 is 5.73 Å². The Labute approximate surface area is 84.0 Å². The number of rotatable bonds is 4. The van der Waals surface area contributed by atoms with E-state index in [1.807, 2.05) is 16.7 Å². The first-order valence-corrected chi connectivity index (χ1v) is 6.11. The highest BCUT2D eigenvalue weighted by Gasteiger charge is 2.31. The van der Waals surface area contributed by atoms with Crippen molar-refractivity contribution in [1.29, 1.82) is 0 Å². The third kappa shape index (κ3) is 2.61. The molecule has 1 heterocycles. The summed E-state index contributed by atoms with van der Waals surface area (Å²) >= 11 is 1.82. The first-order chi connectivity index (χ1) is 6.16. The maximum absolute atomic E-state index is 11.5. The van der Waals surface area contributed by atoms with Crippen LogP contribution in [-0.2, 0) is 4.79 Å². The number of hydrogen-bond acceptors (Lipinski definition) is 3. The van der Waals surface area contributed by atoms with Crippen LogP contribution in [0.25, 0.3) is 0 Å². The van der Waals surface area contributed by atoms with Crippen molar-refractivity contribution < 1.29 is 4.79 Å². The molecule has 0 spiro atoms. The summed E-state index contributed by atoms with van der Waals surface area (Å²) in [7, 11) is 0. The fourth-order valence-corrected chi connectivity index (χ4v) is 2.18. The Hall–Kier alpha value is -0.220. The number of thioether (sulfide) groups is 1. The van der Waals surface area contributed by atoms with E-state index in [9.17, 15) is 4.79 Å². The highest BCUT2D eigenvalue weighted by atomic mass is 32.2. The molecule has 0 aliphatic carbocycles. The van der Waals surface area contributed by atoms with Gasteiger partial charge >= 0.3 is 0 Å². The van der Waals surface area contributed by atoms with E-state index in [-0.39, 0.29) is 11.9 Å². The average molecular weight is 202 g/mol. The van der Waals surface area contributed by atoms with Gasteiger partial charge < -0.3 is 10.6 Å². The van der Waals surface area contributed by atoms with Crippen molar-refractivity contribution in [2.45, 2.75) is 31.8 Å². The molecule has 1 aliphatic heterocycles. The minimum absolute atomic E-state index is 0.133. The molecule has 13 heavy (non-hydrogen) atoms. The van der Waals surface area contributed by atoms with E-state index in [4.69, 9.17) is 5.73 Å². The third-order valence-electron chi connectivity index (χ3n) is 2.55. The van der Waals surface area contributed by atoms with Crippen LogP contribution in [0.1, 0.15) is 19.8 Å². The molecule has 0 aromatic rings. The number of carbonyl (C=O) groups excluding carboxylic acids is 1. The molecular formula is C9H18N2OS. The van der Waals surface area contributed by atoms with E-state index in [1.54, 1.807) is 0 Å². The van der Waals surface area contributed by atoms with Gasteiger partial charge in [0.1, 0.15) is 0 Å². The number of amides is 1. The van der Waals surface area contributed by atoms with Gasteiger partial charge in [-0.15, -0.1) is 0 Å². The number of carbonyl (C=O) groups is 1. The molecule has 2 unspecified atom stereocenters. The van der Waals surface area contributed by atoms with Gasteiger partial charge in [0, 0.05) is 12.6 Å². The summed E-state index contributed by atoms with van der Waals surface area (Å²) in [5.41, 5.74) is 5.64. The van der Waals surface area contributed by atoms with E-state index < -0.39 is 0 Å². The molecule has 0 aromatic carbocycles. The van der Waals surface area contributed by atoms with Crippen LogP contribution in [0.5, 0.6) is 0 Å². The van der Waals surface area contributed by atoms with Gasteiger partial charge in [0.2, 0.25) is 5.91 Å². The lowest BCUT2D eigenvalue weighted by Gasteiger charge is -2.24. The molecule has 2 N–H and O–H groups in total. The molecular weight excluding hydrogens is 184 g/mol. The van der Waals surface area contributed by atoms with Crippen molar-refractivity contribution in [1.82, 2.24) is 4.90 Å². The summed E-state index contributed by atoms with van der Waals surface area (Å²) in [6.07, 6.45) is 3.98. The Morgan fingerprint density at radius 1 is 1.77 bits per heavy atom. The summed E-state index contributed by atoms with van der Waals surface area (Å²) in [5.74, 6) is 1.24. The first kappa shape index (κ1) is 10.9. The highest BCUT2D eigenvalue weighted by Crippen LogP contribution is 2.15. The Kier molecular flexibility index (Phi) is 4.06. The second kappa shape index (κ2) is 4.86. The van der Waals surface area contributed by atoms with Gasteiger partial charge in [0.25, 0.3) is 0 Å². The fraction of sp³-hybridized carbons (Fsp3) is 0.889. The van der Waals surface area contributed by atoms with Gasteiger partial charge in [-0.05, 0) is 31.8 Å². The van der Waals surface area contributed by atoms with Crippen LogP contribution >= 0.6 is 11.8 Å². The molecule has 0 aromatic heterocycles. The van der Waals surface area contributed by atoms with Crippen molar-refractivity contribution >= 4 is 17.7 Å². The lowest BCUT2D eigenvalue weighted by Crippen LogP contribution is -2.39. The Balaban J connectivity index is 2.39. The van der Waals surface area contributed by atoms with Crippen LogP contribution in [0.3, 0.4) is 0 Å². The minimum atomic E-state index is -0.239. The van der Waals surface area contributed by atoms with Crippen molar-refractivity contribution in [2.24, 2.45) is 5.73 Å². The predicted molar refractivity (Wildman–Crippen MR) is 56.8 cm³/mol. The maximum Gasteiger partial charge on any atom is 0.239 e. The topological polar surface area (TPSA) is 46.3 Å². The molecule has 2 atom stereocenters. The molecule has 3 nitrogen and oxygen atoms in total. The number of hydrogen-bond donors (Lipinski definition) is 1. The molecule has 76 valence electrons. The standard InChI is InChI=1S/C9H18N2OS/c1-7(4-6-13-2)11-5-3-8(10)9(11)12/h7-8H,3-6,10H2,1-2H3. The second-order valence-corrected chi connectivity index (χ2v) is 4.54. The lowest BCUT2D eigenvalue weighted by molar-refractivity contribution is -0.130. The average Bonchev–Trinajstić information content (AvgIpc) is 2.44. The number of likely N-dealkylation sites (tertiary alicyclic amines) is 1. The van der Waals surface area contributed by atoms with Crippen LogP contribution in [0.15, 0.2) is 0 Å². The highest BCUT2D eigenvalue weighted by molar-refractivity contribution is 7.98. The van der Waals surface area contributed by atoms with Gasteiger partial charge in [0.15, 0.2) is 0 Å². The SMILES string of the molecule is CSCCC(C)N1CCC(N)C1=O. The number of nitrogens with zero attached hydrogens (tertiary/aromatic N) is 1. The van der Waals surface area contributed by atoms with Crippen molar-refractivity contribution in [3.8, 4) is 0 Å². The fourth-order valence-electron chi connectivity index (χ4n) is 1.61. The van der Waals surface area contributed by atoms with Crippen molar-refractivity contribution in [3.63, 3.8) is 0 Å². The Bertz CT molecular complexity index is 186. The van der Waals surface area contributed by atoms with Gasteiger partial charge in [0.05, 0.1) is 6.04 Å². The summed E-state index contributed by atoms with van der Waals surface area (Å²) in [6, 6.07) is 0.116. The van der Waals surface area contributed by atoms with E-state index in [2.05, 4.69) is 13.2 Å². The lowest BCUT2D eigenvalue weighted by atomic mass is 10.2. The van der Waals surface area contributed by atoms with Gasteiger partial charge in [-0.1, -0.05) is 0 Å². The Morgan fingerprint density at radius 2 is 2.46 bits per heavy atom. The molecule has 1 rings (SSSR count). The van der Waals surface area contributed by atoms with E-state index in [1.165, 1.54) is 0 Å². The molecule has 4 heteroatoms. The summed E-state index contributed by atoms with van der Waals surface area (Å²) in [5, 5.41) is 0. The van der Waals surface area contributed by atoms with Crippen LogP contribution in [0.2, 0.25) is 0 Å². The van der Waals surface area contributed by atoms with Gasteiger partial charge in [-0.2, -0.15) is 11.8 Å². The van der Waals surface area contributed by atoms with Gasteiger partial charge in [-0.3, -0.25) is 4.79 Å². The summed E-state index contributed by atoms with van der Waals surface area (Å²) < 4.78 is 0. The zero-order chi connectivity index (χ0) is 9.84. The quantitative estimate of drug-likeness (QED) is 0.729. The molecule has 1 saturated heterocycles. The second-order valence-electron chi connectivity index (χ2n) is 3.56. The van der Waals surface area contributed by atoms with E-state index in [0.717, 1.165) is 25.1 Å². The van der Waals surface area contributed by atoms with Crippen molar-refractivity contribution in [2.75, 3.05) is 18.6 Å². The van der Waals surface area contributed by atoms with E-state index in [0.29, 0.717) is 6.04 Å². The molecule has 1 fully saturated rings. The molecule has 1 amide bonds. The molecule has 0 bridgehead atoms.